The van der Waals surface area contributed by atoms with Crippen molar-refractivity contribution in [3.63, 3.8) is 0 Å². The highest BCUT2D eigenvalue weighted by Gasteiger charge is 2.19. The van der Waals surface area contributed by atoms with E-state index in [4.69, 9.17) is 23.2 Å². The van der Waals surface area contributed by atoms with E-state index in [-0.39, 0.29) is 5.91 Å². The van der Waals surface area contributed by atoms with E-state index < -0.39 is 0 Å². The van der Waals surface area contributed by atoms with Crippen LogP contribution in [0.2, 0.25) is 10.0 Å². The number of halogens is 2. The van der Waals surface area contributed by atoms with E-state index in [1.807, 2.05) is 0 Å². The van der Waals surface area contributed by atoms with Crippen LogP contribution in [0.5, 0.6) is 0 Å². The molecule has 1 aromatic carbocycles. The van der Waals surface area contributed by atoms with Crippen molar-refractivity contribution in [2.45, 2.75) is 6.92 Å². The van der Waals surface area contributed by atoms with Crippen LogP contribution in [0.4, 0.5) is 11.5 Å². The minimum absolute atomic E-state index is 0.291. The second-order valence-corrected chi connectivity index (χ2v) is 6.52. The molecule has 0 unspecified atom stereocenters. The van der Waals surface area contributed by atoms with Crippen LogP contribution in [0.1, 0.15) is 17.4 Å². The maximum absolute atomic E-state index is 12.5. The molecule has 0 saturated carbocycles. The Hall–Kier alpha value is -1.89. The molecule has 1 N–H and O–H groups in total. The second kappa shape index (κ2) is 7.99. The van der Waals surface area contributed by atoms with Gasteiger partial charge in [0, 0.05) is 32.2 Å². The van der Waals surface area contributed by atoms with Gasteiger partial charge < -0.3 is 15.1 Å². The summed E-state index contributed by atoms with van der Waals surface area (Å²) in [5.74, 6) is 0.410. The largest absolute Gasteiger partial charge is 0.354 e. The van der Waals surface area contributed by atoms with Crippen molar-refractivity contribution in [2.24, 2.45) is 0 Å². The van der Waals surface area contributed by atoms with Crippen LogP contribution in [0, 0.1) is 0 Å². The topological polar surface area (TPSA) is 61.4 Å². The number of hydrogen-bond donors (Lipinski definition) is 1. The van der Waals surface area contributed by atoms with Crippen molar-refractivity contribution in [2.75, 3.05) is 42.9 Å². The molecule has 0 bridgehead atoms. The summed E-state index contributed by atoms with van der Waals surface area (Å²) < 4.78 is 0. The maximum Gasteiger partial charge on any atom is 0.274 e. The number of nitrogens with zero attached hydrogens (tertiary/aromatic N) is 4. The van der Waals surface area contributed by atoms with Crippen molar-refractivity contribution in [3.05, 3.63) is 46.3 Å². The molecular formula is C17H19Cl2N5O. The molecule has 1 aliphatic heterocycles. The lowest BCUT2D eigenvalue weighted by Crippen LogP contribution is -2.46. The summed E-state index contributed by atoms with van der Waals surface area (Å²) in [6.45, 7) is 6.94. The Kier molecular flexibility index (Phi) is 5.73. The SMILES string of the molecule is CCN1CCN(c2cc(C(=O)Nc3cccc(Cl)c3Cl)ncn2)CC1. The summed E-state index contributed by atoms with van der Waals surface area (Å²) in [6, 6.07) is 6.79. The number of piperazine rings is 1. The monoisotopic (exact) mass is 379 g/mol. The van der Waals surface area contributed by atoms with Crippen LogP contribution in [-0.2, 0) is 0 Å². The van der Waals surface area contributed by atoms with E-state index in [2.05, 4.69) is 32.0 Å². The molecule has 6 nitrogen and oxygen atoms in total. The average molecular weight is 380 g/mol. The number of carbonyl (C=O) groups is 1. The third-order valence-electron chi connectivity index (χ3n) is 4.23. The van der Waals surface area contributed by atoms with Gasteiger partial charge in [-0.05, 0) is 18.7 Å². The molecule has 0 aliphatic carbocycles. The molecule has 0 spiro atoms. The molecule has 2 heterocycles. The third kappa shape index (κ3) is 4.21. The highest BCUT2D eigenvalue weighted by Crippen LogP contribution is 2.29. The molecule has 0 atom stereocenters. The molecule has 1 fully saturated rings. The van der Waals surface area contributed by atoms with Crippen molar-refractivity contribution >= 4 is 40.6 Å². The number of hydrogen-bond acceptors (Lipinski definition) is 5. The molecule has 25 heavy (non-hydrogen) atoms. The molecule has 1 aliphatic rings. The van der Waals surface area contributed by atoms with E-state index in [0.29, 0.717) is 21.4 Å². The van der Waals surface area contributed by atoms with Gasteiger partial charge in [0.25, 0.3) is 5.91 Å². The number of aromatic nitrogens is 2. The summed E-state index contributed by atoms with van der Waals surface area (Å²) >= 11 is 12.1. The number of anilines is 2. The lowest BCUT2D eigenvalue weighted by Gasteiger charge is -2.34. The van der Waals surface area contributed by atoms with Gasteiger partial charge in [-0.3, -0.25) is 4.79 Å². The van der Waals surface area contributed by atoms with Crippen molar-refractivity contribution in [1.82, 2.24) is 14.9 Å². The van der Waals surface area contributed by atoms with Crippen molar-refractivity contribution in [3.8, 4) is 0 Å². The first kappa shape index (κ1) is 17.9. The number of rotatable bonds is 4. The number of benzene rings is 1. The van der Waals surface area contributed by atoms with Crippen LogP contribution in [0.3, 0.4) is 0 Å². The molecule has 1 aromatic heterocycles. The highest BCUT2D eigenvalue weighted by molar-refractivity contribution is 6.44. The molecule has 1 amide bonds. The summed E-state index contributed by atoms with van der Waals surface area (Å²) in [7, 11) is 0. The predicted octanol–water partition coefficient (Wildman–Crippen LogP) is 3.18. The Bertz CT molecular complexity index is 762. The highest BCUT2D eigenvalue weighted by atomic mass is 35.5. The second-order valence-electron chi connectivity index (χ2n) is 5.74. The van der Waals surface area contributed by atoms with Gasteiger partial charge in [0.15, 0.2) is 0 Å². The minimum atomic E-state index is -0.347. The Labute approximate surface area is 156 Å². The lowest BCUT2D eigenvalue weighted by atomic mass is 10.2. The van der Waals surface area contributed by atoms with Crippen LogP contribution >= 0.6 is 23.2 Å². The van der Waals surface area contributed by atoms with E-state index >= 15 is 0 Å². The van der Waals surface area contributed by atoms with E-state index in [1.165, 1.54) is 6.33 Å². The van der Waals surface area contributed by atoms with E-state index in [1.54, 1.807) is 24.3 Å². The van der Waals surface area contributed by atoms with Gasteiger partial charge in [0.05, 0.1) is 15.7 Å². The lowest BCUT2D eigenvalue weighted by molar-refractivity contribution is 0.102. The number of likely N-dealkylation sites (N-methyl/N-ethyl adjacent to an activating group) is 1. The van der Waals surface area contributed by atoms with Crippen LogP contribution in [0.15, 0.2) is 30.6 Å². The summed E-state index contributed by atoms with van der Waals surface area (Å²) in [4.78, 5) is 25.4. The van der Waals surface area contributed by atoms with Crippen LogP contribution < -0.4 is 10.2 Å². The van der Waals surface area contributed by atoms with Gasteiger partial charge in [-0.1, -0.05) is 36.2 Å². The van der Waals surface area contributed by atoms with Crippen LogP contribution in [0.25, 0.3) is 0 Å². The Morgan fingerprint density at radius 2 is 1.96 bits per heavy atom. The number of carbonyl (C=O) groups excluding carboxylic acids is 1. The van der Waals surface area contributed by atoms with Crippen molar-refractivity contribution in [1.29, 1.82) is 0 Å². The number of nitrogens with one attached hydrogen (secondary N) is 1. The van der Waals surface area contributed by atoms with Gasteiger partial charge in [-0.25, -0.2) is 9.97 Å². The van der Waals surface area contributed by atoms with Gasteiger partial charge in [0.2, 0.25) is 0 Å². The molecule has 0 radical (unpaired) electrons. The smallest absolute Gasteiger partial charge is 0.274 e. The van der Waals surface area contributed by atoms with Gasteiger partial charge in [0.1, 0.15) is 17.8 Å². The van der Waals surface area contributed by atoms with Crippen LogP contribution in [-0.4, -0.2) is 53.5 Å². The quantitative estimate of drug-likeness (QED) is 0.883. The zero-order valence-corrected chi connectivity index (χ0v) is 15.4. The van der Waals surface area contributed by atoms with Crippen molar-refractivity contribution < 1.29 is 4.79 Å². The van der Waals surface area contributed by atoms with Gasteiger partial charge in [-0.15, -0.1) is 0 Å². The minimum Gasteiger partial charge on any atom is -0.354 e. The Morgan fingerprint density at radius 1 is 1.20 bits per heavy atom. The average Bonchev–Trinajstić information content (AvgIpc) is 2.65. The zero-order chi connectivity index (χ0) is 17.8. The van der Waals surface area contributed by atoms with Gasteiger partial charge >= 0.3 is 0 Å². The maximum atomic E-state index is 12.5. The standard InChI is InChI=1S/C17H19Cl2N5O/c1-2-23-6-8-24(9-7-23)15-10-14(20-11-21-15)17(25)22-13-5-3-4-12(18)16(13)19/h3-5,10-11H,2,6-9H2,1H3,(H,22,25). The first-order valence-electron chi connectivity index (χ1n) is 8.13. The molecule has 3 rings (SSSR count). The first-order chi connectivity index (χ1) is 12.1. The Balaban J connectivity index is 1.73. The molecular weight excluding hydrogens is 361 g/mol. The van der Waals surface area contributed by atoms with Gasteiger partial charge in [-0.2, -0.15) is 0 Å². The van der Waals surface area contributed by atoms with E-state index in [0.717, 1.165) is 38.5 Å². The fourth-order valence-electron chi connectivity index (χ4n) is 2.72. The fourth-order valence-corrected chi connectivity index (χ4v) is 3.07. The molecule has 8 heteroatoms. The normalized spacial score (nSPS) is 15.2. The van der Waals surface area contributed by atoms with E-state index in [9.17, 15) is 4.79 Å². The molecule has 132 valence electrons. The molecule has 2 aromatic rings. The summed E-state index contributed by atoms with van der Waals surface area (Å²) in [5, 5.41) is 3.43. The first-order valence-corrected chi connectivity index (χ1v) is 8.88. The third-order valence-corrected chi connectivity index (χ3v) is 5.05. The molecule has 1 saturated heterocycles. The summed E-state index contributed by atoms with van der Waals surface area (Å²) in [6.07, 6.45) is 1.41. The number of amides is 1. The summed E-state index contributed by atoms with van der Waals surface area (Å²) in [5.41, 5.74) is 0.745. The zero-order valence-electron chi connectivity index (χ0n) is 13.9. The predicted molar refractivity (Wildman–Crippen MR) is 101 cm³/mol. The Morgan fingerprint density at radius 3 is 2.68 bits per heavy atom. The fraction of sp³-hybridized carbons (Fsp3) is 0.353.